The van der Waals surface area contributed by atoms with Gasteiger partial charge in [-0.3, -0.25) is 9.59 Å². The Labute approximate surface area is 135 Å². The standard InChI is InChI=1S/C16H11N3O5/c17-16(23)18-10-5-3-4-9(8-10)15(22)24-19-13(20)11-6-1-2-7-12(11)14(19)21/h1-8H,(H3,17,18,23). The number of nitrogens with one attached hydrogen (secondary N) is 1. The first-order chi connectivity index (χ1) is 11.5. The van der Waals surface area contributed by atoms with E-state index in [2.05, 4.69) is 5.32 Å². The molecule has 0 radical (unpaired) electrons. The number of imide groups is 1. The number of rotatable bonds is 3. The fraction of sp³-hybridized carbons (Fsp3) is 0. The lowest BCUT2D eigenvalue weighted by atomic mass is 10.1. The van der Waals surface area contributed by atoms with Crippen LogP contribution in [0.15, 0.2) is 48.5 Å². The van der Waals surface area contributed by atoms with Crippen molar-refractivity contribution in [3.8, 4) is 0 Å². The van der Waals surface area contributed by atoms with Crippen LogP contribution >= 0.6 is 0 Å². The van der Waals surface area contributed by atoms with Crippen LogP contribution in [0.3, 0.4) is 0 Å². The third-order valence-corrected chi connectivity index (χ3v) is 3.30. The van der Waals surface area contributed by atoms with E-state index in [1.807, 2.05) is 0 Å². The molecule has 4 amide bonds. The van der Waals surface area contributed by atoms with Crippen molar-refractivity contribution in [2.75, 3.05) is 5.32 Å². The van der Waals surface area contributed by atoms with E-state index < -0.39 is 23.8 Å². The van der Waals surface area contributed by atoms with E-state index >= 15 is 0 Å². The second-order valence-electron chi connectivity index (χ2n) is 4.90. The van der Waals surface area contributed by atoms with Crippen molar-refractivity contribution in [3.05, 3.63) is 65.2 Å². The number of hydrogen-bond donors (Lipinski definition) is 2. The van der Waals surface area contributed by atoms with E-state index in [1.54, 1.807) is 12.1 Å². The van der Waals surface area contributed by atoms with Gasteiger partial charge < -0.3 is 15.9 Å². The minimum Gasteiger partial charge on any atom is -0.351 e. The number of nitrogens with two attached hydrogens (primary N) is 1. The molecule has 0 aromatic heterocycles. The highest BCUT2D eigenvalue weighted by Gasteiger charge is 2.38. The van der Waals surface area contributed by atoms with Gasteiger partial charge in [0.1, 0.15) is 0 Å². The maximum absolute atomic E-state index is 12.2. The van der Waals surface area contributed by atoms with E-state index in [0.717, 1.165) is 0 Å². The summed E-state index contributed by atoms with van der Waals surface area (Å²) in [7, 11) is 0. The van der Waals surface area contributed by atoms with Crippen molar-refractivity contribution in [2.45, 2.75) is 0 Å². The largest absolute Gasteiger partial charge is 0.364 e. The lowest BCUT2D eigenvalue weighted by Gasteiger charge is -2.13. The number of hydrogen-bond acceptors (Lipinski definition) is 5. The fourth-order valence-electron chi connectivity index (χ4n) is 2.25. The van der Waals surface area contributed by atoms with Crippen LogP contribution in [-0.2, 0) is 4.84 Å². The summed E-state index contributed by atoms with van der Waals surface area (Å²) < 4.78 is 0. The van der Waals surface area contributed by atoms with Gasteiger partial charge in [0.15, 0.2) is 0 Å². The minimum absolute atomic E-state index is 0.0396. The molecule has 8 nitrogen and oxygen atoms in total. The molecule has 24 heavy (non-hydrogen) atoms. The number of benzene rings is 2. The van der Waals surface area contributed by atoms with Crippen LogP contribution in [0.25, 0.3) is 0 Å². The number of carbonyl (C=O) groups excluding carboxylic acids is 4. The Balaban J connectivity index is 1.80. The Morgan fingerprint density at radius 1 is 0.958 bits per heavy atom. The summed E-state index contributed by atoms with van der Waals surface area (Å²) in [5.74, 6) is -2.34. The van der Waals surface area contributed by atoms with Gasteiger partial charge in [-0.05, 0) is 30.3 Å². The molecule has 0 saturated heterocycles. The first-order valence-corrected chi connectivity index (χ1v) is 6.84. The third kappa shape index (κ3) is 2.68. The normalized spacial score (nSPS) is 12.8. The molecule has 0 fully saturated rings. The predicted molar refractivity (Wildman–Crippen MR) is 82.0 cm³/mol. The molecule has 0 spiro atoms. The van der Waals surface area contributed by atoms with Gasteiger partial charge in [-0.15, -0.1) is 0 Å². The van der Waals surface area contributed by atoms with Crippen molar-refractivity contribution in [1.82, 2.24) is 5.06 Å². The van der Waals surface area contributed by atoms with Gasteiger partial charge >= 0.3 is 12.0 Å². The van der Waals surface area contributed by atoms with Gasteiger partial charge in [0.25, 0.3) is 11.8 Å². The van der Waals surface area contributed by atoms with Crippen molar-refractivity contribution in [2.24, 2.45) is 5.73 Å². The first-order valence-electron chi connectivity index (χ1n) is 6.84. The number of nitrogens with zero attached hydrogens (tertiary/aromatic N) is 1. The first kappa shape index (κ1) is 15.2. The number of amides is 4. The Kier molecular flexibility index (Phi) is 3.70. The molecule has 0 bridgehead atoms. The summed E-state index contributed by atoms with van der Waals surface area (Å²) >= 11 is 0. The van der Waals surface area contributed by atoms with Crippen LogP contribution in [0.2, 0.25) is 0 Å². The van der Waals surface area contributed by atoms with Gasteiger partial charge in [-0.1, -0.05) is 23.3 Å². The van der Waals surface area contributed by atoms with E-state index in [1.165, 1.54) is 36.4 Å². The maximum Gasteiger partial charge on any atom is 0.364 e. The second kappa shape index (κ2) is 5.84. The van der Waals surface area contributed by atoms with Crippen LogP contribution in [0.5, 0.6) is 0 Å². The molecular formula is C16H11N3O5. The number of urea groups is 1. The van der Waals surface area contributed by atoms with Gasteiger partial charge in [0.2, 0.25) is 0 Å². The Morgan fingerprint density at radius 3 is 2.17 bits per heavy atom. The highest BCUT2D eigenvalue weighted by Crippen LogP contribution is 2.23. The number of hydroxylamine groups is 2. The van der Waals surface area contributed by atoms with Crippen LogP contribution in [0, 0.1) is 0 Å². The van der Waals surface area contributed by atoms with Gasteiger partial charge in [0, 0.05) is 5.69 Å². The van der Waals surface area contributed by atoms with Crippen molar-refractivity contribution < 1.29 is 24.0 Å². The molecule has 3 N–H and O–H groups in total. The lowest BCUT2D eigenvalue weighted by molar-refractivity contribution is -0.0584. The average Bonchev–Trinajstić information content (AvgIpc) is 2.80. The van der Waals surface area contributed by atoms with Crippen molar-refractivity contribution in [3.63, 3.8) is 0 Å². The third-order valence-electron chi connectivity index (χ3n) is 3.30. The van der Waals surface area contributed by atoms with Crippen LogP contribution < -0.4 is 11.1 Å². The van der Waals surface area contributed by atoms with E-state index in [0.29, 0.717) is 5.06 Å². The summed E-state index contributed by atoms with van der Waals surface area (Å²) in [6, 6.07) is 11.1. The zero-order valence-corrected chi connectivity index (χ0v) is 12.2. The Bertz CT molecular complexity index is 843. The predicted octanol–water partition coefficient (Wildman–Crippen LogP) is 1.55. The zero-order chi connectivity index (χ0) is 17.3. The van der Waals surface area contributed by atoms with E-state index in [4.69, 9.17) is 10.6 Å². The van der Waals surface area contributed by atoms with E-state index in [9.17, 15) is 19.2 Å². The molecular weight excluding hydrogens is 314 g/mol. The molecule has 0 unspecified atom stereocenters. The Morgan fingerprint density at radius 2 is 1.58 bits per heavy atom. The van der Waals surface area contributed by atoms with Gasteiger partial charge in [0.05, 0.1) is 16.7 Å². The highest BCUT2D eigenvalue weighted by molar-refractivity contribution is 6.21. The van der Waals surface area contributed by atoms with Crippen molar-refractivity contribution in [1.29, 1.82) is 0 Å². The topological polar surface area (TPSA) is 119 Å². The molecule has 8 heteroatoms. The number of carbonyl (C=O) groups is 4. The molecule has 120 valence electrons. The summed E-state index contributed by atoms with van der Waals surface area (Å²) in [6.45, 7) is 0. The molecule has 3 rings (SSSR count). The number of primary amides is 1. The Hall–Kier alpha value is -3.68. The lowest BCUT2D eigenvalue weighted by Crippen LogP contribution is -2.32. The molecule has 0 saturated carbocycles. The molecule has 1 aliphatic rings. The quantitative estimate of drug-likeness (QED) is 0.830. The maximum atomic E-state index is 12.2. The highest BCUT2D eigenvalue weighted by atomic mass is 16.7. The molecule has 1 heterocycles. The summed E-state index contributed by atoms with van der Waals surface area (Å²) in [5, 5.41) is 2.73. The van der Waals surface area contributed by atoms with Crippen molar-refractivity contribution >= 4 is 29.5 Å². The van der Waals surface area contributed by atoms with Crippen LogP contribution in [0.4, 0.5) is 10.5 Å². The zero-order valence-electron chi connectivity index (χ0n) is 12.2. The smallest absolute Gasteiger partial charge is 0.351 e. The van der Waals surface area contributed by atoms with Crippen LogP contribution in [-0.4, -0.2) is 28.9 Å². The number of fused-ring (bicyclic) bond motifs is 1. The molecule has 2 aromatic carbocycles. The second-order valence-corrected chi connectivity index (χ2v) is 4.90. The summed E-state index contributed by atoms with van der Waals surface area (Å²) in [6.07, 6.45) is 0. The molecule has 1 aliphatic heterocycles. The summed E-state index contributed by atoms with van der Waals surface area (Å²) in [5.41, 5.74) is 5.65. The monoisotopic (exact) mass is 325 g/mol. The minimum atomic E-state index is -0.919. The van der Waals surface area contributed by atoms with Gasteiger partial charge in [-0.25, -0.2) is 9.59 Å². The van der Waals surface area contributed by atoms with E-state index in [-0.39, 0.29) is 22.4 Å². The number of anilines is 1. The van der Waals surface area contributed by atoms with Gasteiger partial charge in [-0.2, -0.15) is 0 Å². The molecule has 0 aliphatic carbocycles. The SMILES string of the molecule is NC(=O)Nc1cccc(C(=O)ON2C(=O)c3ccccc3C2=O)c1. The fourth-order valence-corrected chi connectivity index (χ4v) is 2.25. The van der Waals surface area contributed by atoms with Crippen LogP contribution in [0.1, 0.15) is 31.1 Å². The summed E-state index contributed by atoms with van der Waals surface area (Å²) in [4.78, 5) is 52.2. The molecule has 2 aromatic rings. The molecule has 0 atom stereocenters. The average molecular weight is 325 g/mol.